The highest BCUT2D eigenvalue weighted by atomic mass is 19.4. The van der Waals surface area contributed by atoms with E-state index in [1.807, 2.05) is 0 Å². The normalized spacial score (nSPS) is 20.6. The lowest BCUT2D eigenvalue weighted by molar-refractivity contribution is -0.384. The Labute approximate surface area is 274 Å². The largest absolute Gasteiger partial charge is 0.498 e. The van der Waals surface area contributed by atoms with Gasteiger partial charge in [0.15, 0.2) is 0 Å². The van der Waals surface area contributed by atoms with Crippen LogP contribution in [0.3, 0.4) is 0 Å². The number of ether oxygens (including phenoxy) is 3. The minimum Gasteiger partial charge on any atom is -0.498 e. The molecule has 2 aromatic carbocycles. The average Bonchev–Trinajstić information content (AvgIpc) is 3.42. The molecule has 0 amide bonds. The number of nitro groups is 1. The van der Waals surface area contributed by atoms with Crippen LogP contribution in [-0.2, 0) is 31.2 Å². The Morgan fingerprint density at radius 2 is 1.83 bits per heavy atom. The second-order valence-electron chi connectivity index (χ2n) is 11.9. The molecule has 0 saturated carbocycles. The third kappa shape index (κ3) is 7.54. The van der Waals surface area contributed by atoms with Crippen LogP contribution in [0.2, 0.25) is 0 Å². The van der Waals surface area contributed by atoms with Crippen LogP contribution in [0.4, 0.5) is 18.9 Å². The number of benzene rings is 2. The van der Waals surface area contributed by atoms with Gasteiger partial charge in [-0.15, -0.1) is 0 Å². The van der Waals surface area contributed by atoms with E-state index < -0.39 is 47.1 Å². The number of carbonyl (C=O) groups is 1. The quantitative estimate of drug-likeness (QED) is 0.189. The van der Waals surface area contributed by atoms with Crippen molar-refractivity contribution in [3.63, 3.8) is 0 Å². The van der Waals surface area contributed by atoms with Crippen molar-refractivity contribution in [3.8, 4) is 0 Å². The van der Waals surface area contributed by atoms with E-state index >= 15 is 0 Å². The van der Waals surface area contributed by atoms with Gasteiger partial charge in [0.05, 0.1) is 30.2 Å². The first-order chi connectivity index (χ1) is 22.8. The number of fused-ring (bicyclic) bond motifs is 1. The number of likely N-dealkylation sites (tertiary alicyclic amines) is 1. The van der Waals surface area contributed by atoms with Gasteiger partial charge in [-0.05, 0) is 48.6 Å². The zero-order chi connectivity index (χ0) is 34.6. The number of hydrogen-bond acceptors (Lipinski definition) is 9. The van der Waals surface area contributed by atoms with E-state index in [2.05, 4.69) is 5.10 Å². The van der Waals surface area contributed by atoms with Gasteiger partial charge in [0, 0.05) is 50.7 Å². The Morgan fingerprint density at radius 3 is 2.44 bits per heavy atom. The fourth-order valence-electron chi connectivity index (χ4n) is 6.18. The molecule has 1 aliphatic heterocycles. The number of carboxylic acid groups (broad SMARTS) is 1. The molecule has 3 atom stereocenters. The summed E-state index contributed by atoms with van der Waals surface area (Å²) in [5.74, 6) is -0.477. The summed E-state index contributed by atoms with van der Waals surface area (Å²) in [7, 11) is 2.97. The lowest BCUT2D eigenvalue weighted by Gasteiger charge is -2.40. The molecule has 0 radical (unpaired) electrons. The lowest BCUT2D eigenvalue weighted by Crippen LogP contribution is -2.53. The van der Waals surface area contributed by atoms with Crippen LogP contribution in [0, 0.1) is 10.1 Å². The van der Waals surface area contributed by atoms with Crippen molar-refractivity contribution in [1.82, 2.24) is 14.7 Å². The van der Waals surface area contributed by atoms with E-state index in [-0.39, 0.29) is 55.2 Å². The van der Waals surface area contributed by atoms with Crippen LogP contribution in [0.1, 0.15) is 36.9 Å². The predicted molar refractivity (Wildman–Crippen MR) is 167 cm³/mol. The van der Waals surface area contributed by atoms with E-state index in [1.165, 1.54) is 35.9 Å². The van der Waals surface area contributed by atoms with Crippen LogP contribution >= 0.6 is 0 Å². The zero-order valence-electron chi connectivity index (χ0n) is 26.4. The van der Waals surface area contributed by atoms with Crippen LogP contribution in [0.15, 0.2) is 72.0 Å². The van der Waals surface area contributed by atoms with Crippen molar-refractivity contribution in [1.29, 1.82) is 0 Å². The first kappa shape index (κ1) is 35.0. The van der Waals surface area contributed by atoms with Crippen LogP contribution < -0.4 is 0 Å². The number of rotatable bonds is 13. The summed E-state index contributed by atoms with van der Waals surface area (Å²) in [5, 5.41) is 36.3. The van der Waals surface area contributed by atoms with Gasteiger partial charge in [0.25, 0.3) is 5.69 Å². The fraction of sp³-hybridized carbons (Fsp3) is 0.455. The van der Waals surface area contributed by atoms with Crippen molar-refractivity contribution < 1.29 is 47.3 Å². The molecule has 3 aromatic rings. The van der Waals surface area contributed by atoms with Gasteiger partial charge >= 0.3 is 12.1 Å². The monoisotopic (exact) mass is 674 g/mol. The molecule has 0 spiro atoms. The number of halogens is 3. The summed E-state index contributed by atoms with van der Waals surface area (Å²) >= 11 is 0. The molecule has 3 unspecified atom stereocenters. The van der Waals surface area contributed by atoms with Crippen molar-refractivity contribution in [3.05, 3.63) is 93.4 Å². The third-order valence-electron chi connectivity index (χ3n) is 8.73. The van der Waals surface area contributed by atoms with Gasteiger partial charge in [-0.1, -0.05) is 30.3 Å². The van der Waals surface area contributed by atoms with Gasteiger partial charge in [0.2, 0.25) is 5.60 Å². The molecule has 0 bridgehead atoms. The Morgan fingerprint density at radius 1 is 1.12 bits per heavy atom. The minimum absolute atomic E-state index is 0.0347. The van der Waals surface area contributed by atoms with E-state index in [0.29, 0.717) is 24.2 Å². The molecule has 2 aliphatic rings. The Bertz CT molecular complexity index is 1680. The van der Waals surface area contributed by atoms with E-state index in [9.17, 15) is 33.2 Å². The number of nitro benzene ring substituents is 1. The second-order valence-corrected chi connectivity index (χ2v) is 11.9. The van der Waals surface area contributed by atoms with Crippen molar-refractivity contribution in [2.75, 3.05) is 33.9 Å². The molecule has 15 heteroatoms. The molecule has 2 heterocycles. The fourth-order valence-corrected chi connectivity index (χ4v) is 6.18. The van der Waals surface area contributed by atoms with Crippen LogP contribution in [0.5, 0.6) is 0 Å². The molecule has 1 aliphatic carbocycles. The van der Waals surface area contributed by atoms with Gasteiger partial charge in [-0.25, -0.2) is 0 Å². The number of aromatic nitrogens is 2. The number of carboxylic acids is 1. The molecule has 1 saturated heterocycles. The first-order valence-electron chi connectivity index (χ1n) is 15.4. The van der Waals surface area contributed by atoms with Crippen molar-refractivity contribution in [2.24, 2.45) is 0 Å². The Kier molecular flexibility index (Phi) is 10.5. The molecular weight excluding hydrogens is 637 g/mol. The summed E-state index contributed by atoms with van der Waals surface area (Å²) in [6.45, 7) is -0.422. The SMILES string of the molecule is COC1=CC(CCC(=O)O)=CC(OC)C1OC1CCN(CC(O)(c2nn(Cc3ccccc3)c3cc([N+](=O)[O-])ccc23)C(F)(F)F)CC1. The number of piperidine rings is 1. The van der Waals surface area contributed by atoms with Gasteiger partial charge in [-0.3, -0.25) is 24.5 Å². The summed E-state index contributed by atoms with van der Waals surface area (Å²) < 4.78 is 63.3. The second kappa shape index (κ2) is 14.4. The maximum atomic E-state index is 14.9. The zero-order valence-corrected chi connectivity index (χ0v) is 26.4. The standard InChI is InChI=1S/C33H37F3N4O8/c1-46-27-16-22(8-11-29(41)42)17-28(47-2)30(27)48-24-12-14-38(15-13-24)20-32(43,33(34,35)36)31-25-10-9-23(40(44)45)18-26(25)39(37-31)19-21-6-4-3-5-7-21/h3-7,9-10,16-18,24,27,30,43H,8,11-15,19-20H2,1-2H3,(H,41,42). The number of aliphatic hydroxyl groups is 1. The highest BCUT2D eigenvalue weighted by Crippen LogP contribution is 2.43. The molecule has 2 N–H and O–H groups in total. The number of alkyl halides is 3. The average molecular weight is 675 g/mol. The number of allylic oxidation sites excluding steroid dienone is 2. The Hall–Kier alpha value is -4.31. The maximum absolute atomic E-state index is 14.9. The number of methoxy groups -OCH3 is 2. The van der Waals surface area contributed by atoms with Gasteiger partial charge < -0.3 is 24.4 Å². The van der Waals surface area contributed by atoms with E-state index in [4.69, 9.17) is 19.3 Å². The summed E-state index contributed by atoms with van der Waals surface area (Å²) in [4.78, 5) is 23.4. The minimum atomic E-state index is -5.13. The predicted octanol–water partition coefficient (Wildman–Crippen LogP) is 4.94. The lowest BCUT2D eigenvalue weighted by atomic mass is 9.93. The summed E-state index contributed by atoms with van der Waals surface area (Å²) in [6.07, 6.45) is -2.26. The number of aliphatic carboxylic acids is 1. The highest BCUT2D eigenvalue weighted by molar-refractivity contribution is 5.85. The molecular formula is C33H37F3N4O8. The van der Waals surface area contributed by atoms with Crippen molar-refractivity contribution >= 4 is 22.6 Å². The third-order valence-corrected chi connectivity index (χ3v) is 8.73. The van der Waals surface area contributed by atoms with Crippen LogP contribution in [-0.4, -0.2) is 94.1 Å². The summed E-state index contributed by atoms with van der Waals surface area (Å²) in [6, 6.07) is 12.3. The smallest absolute Gasteiger partial charge is 0.424 e. The number of β-amino-alcohol motifs (C(OH)–C–C–N with tert-alkyl or cyclic N) is 1. The number of hydrogen-bond donors (Lipinski definition) is 2. The van der Waals surface area contributed by atoms with E-state index in [1.54, 1.807) is 42.5 Å². The molecule has 258 valence electrons. The highest BCUT2D eigenvalue weighted by Gasteiger charge is 2.58. The molecule has 48 heavy (non-hydrogen) atoms. The number of non-ortho nitro benzene ring substituents is 1. The van der Waals surface area contributed by atoms with Gasteiger partial charge in [-0.2, -0.15) is 18.3 Å². The molecule has 1 aromatic heterocycles. The summed E-state index contributed by atoms with van der Waals surface area (Å²) in [5.41, 5.74) is -2.78. The molecule has 5 rings (SSSR count). The maximum Gasteiger partial charge on any atom is 0.424 e. The Balaban J connectivity index is 1.35. The topological polar surface area (TPSA) is 149 Å². The van der Waals surface area contributed by atoms with Crippen molar-refractivity contribution in [2.45, 2.75) is 62.3 Å². The number of nitrogens with zero attached hydrogens (tertiary/aromatic N) is 4. The van der Waals surface area contributed by atoms with Crippen LogP contribution in [0.25, 0.3) is 10.9 Å². The first-order valence-corrected chi connectivity index (χ1v) is 15.4. The van der Waals surface area contributed by atoms with E-state index in [0.717, 1.165) is 11.6 Å². The molecule has 12 nitrogen and oxygen atoms in total. The van der Waals surface area contributed by atoms with Gasteiger partial charge in [0.1, 0.15) is 23.7 Å². The molecule has 1 fully saturated rings.